The van der Waals surface area contributed by atoms with Gasteiger partial charge in [0, 0.05) is 13.6 Å². The Bertz CT molecular complexity index is 444. The molecule has 2 unspecified atom stereocenters. The van der Waals surface area contributed by atoms with Gasteiger partial charge >= 0.3 is 0 Å². The number of morpholine rings is 1. The van der Waals surface area contributed by atoms with Crippen molar-refractivity contribution in [1.29, 1.82) is 0 Å². The van der Waals surface area contributed by atoms with E-state index < -0.39 is 0 Å². The maximum absolute atomic E-state index is 12.4. The summed E-state index contributed by atoms with van der Waals surface area (Å²) in [5, 5.41) is 13.3. The minimum Gasteiger partial charge on any atom is -0.394 e. The molecule has 1 amide bonds. The summed E-state index contributed by atoms with van der Waals surface area (Å²) < 4.78 is 7.02. The number of hydrogen-bond donors (Lipinski definition) is 1. The highest BCUT2D eigenvalue weighted by Gasteiger charge is 2.31. The Hall–Kier alpha value is -1.40. The van der Waals surface area contributed by atoms with Crippen molar-refractivity contribution in [3.63, 3.8) is 0 Å². The van der Waals surface area contributed by atoms with Crippen LogP contribution in [0.3, 0.4) is 0 Å². The van der Waals surface area contributed by atoms with Crippen molar-refractivity contribution in [2.75, 3.05) is 19.8 Å². The number of nitrogens with zero attached hydrogens (tertiary/aromatic N) is 3. The smallest absolute Gasteiger partial charge is 0.272 e. The fraction of sp³-hybridized carbons (Fsp3) is 0.667. The molecule has 1 aromatic heterocycles. The molecular formula is C12H19N3O3. The van der Waals surface area contributed by atoms with Crippen molar-refractivity contribution in [2.45, 2.75) is 26.0 Å². The minimum absolute atomic E-state index is 0.00973. The molecule has 2 heterocycles. The third kappa shape index (κ3) is 2.39. The average Bonchev–Trinajstić information content (AvgIpc) is 2.68. The van der Waals surface area contributed by atoms with Crippen molar-refractivity contribution in [3.05, 3.63) is 17.5 Å². The quantitative estimate of drug-likeness (QED) is 0.802. The fourth-order valence-corrected chi connectivity index (χ4v) is 2.17. The van der Waals surface area contributed by atoms with Gasteiger partial charge in [-0.05, 0) is 19.9 Å². The third-order valence-corrected chi connectivity index (χ3v) is 3.19. The van der Waals surface area contributed by atoms with E-state index in [4.69, 9.17) is 9.84 Å². The van der Waals surface area contributed by atoms with E-state index >= 15 is 0 Å². The van der Waals surface area contributed by atoms with Crippen molar-refractivity contribution >= 4 is 5.91 Å². The molecule has 0 radical (unpaired) electrons. The van der Waals surface area contributed by atoms with Gasteiger partial charge in [-0.2, -0.15) is 5.10 Å². The van der Waals surface area contributed by atoms with E-state index in [2.05, 4.69) is 5.10 Å². The standard InChI is InChI=1S/C12H19N3O3/c1-8-4-11(14(3)13-8)12(17)15-5-10(6-16)18-7-9(15)2/h4,9-10,16H,5-7H2,1-3H3. The summed E-state index contributed by atoms with van der Waals surface area (Å²) >= 11 is 0. The first-order valence-electron chi connectivity index (χ1n) is 6.07. The minimum atomic E-state index is -0.292. The van der Waals surface area contributed by atoms with Gasteiger partial charge in [0.2, 0.25) is 0 Å². The molecule has 1 aromatic rings. The predicted molar refractivity (Wildman–Crippen MR) is 65.3 cm³/mol. The van der Waals surface area contributed by atoms with Crippen molar-refractivity contribution in [3.8, 4) is 0 Å². The summed E-state index contributed by atoms with van der Waals surface area (Å²) in [5.74, 6) is -0.0626. The van der Waals surface area contributed by atoms with Gasteiger partial charge in [0.15, 0.2) is 0 Å². The molecule has 0 spiro atoms. The van der Waals surface area contributed by atoms with Crippen molar-refractivity contribution in [1.82, 2.24) is 14.7 Å². The molecule has 6 nitrogen and oxygen atoms in total. The molecular weight excluding hydrogens is 234 g/mol. The lowest BCUT2D eigenvalue weighted by Gasteiger charge is -2.37. The Balaban J connectivity index is 2.19. The Morgan fingerprint density at radius 1 is 1.67 bits per heavy atom. The average molecular weight is 253 g/mol. The van der Waals surface area contributed by atoms with E-state index in [1.807, 2.05) is 13.8 Å². The number of rotatable bonds is 2. The second kappa shape index (κ2) is 5.07. The van der Waals surface area contributed by atoms with Gasteiger partial charge in [0.1, 0.15) is 5.69 Å². The molecule has 0 saturated carbocycles. The van der Waals surface area contributed by atoms with E-state index in [0.717, 1.165) is 5.69 Å². The highest BCUT2D eigenvalue weighted by Crippen LogP contribution is 2.15. The van der Waals surface area contributed by atoms with Gasteiger partial charge in [0.05, 0.1) is 31.1 Å². The molecule has 100 valence electrons. The first-order valence-corrected chi connectivity index (χ1v) is 6.07. The highest BCUT2D eigenvalue weighted by atomic mass is 16.5. The zero-order chi connectivity index (χ0) is 13.3. The Kier molecular flexibility index (Phi) is 3.68. The zero-order valence-corrected chi connectivity index (χ0v) is 11.0. The predicted octanol–water partition coefficient (Wildman–Crippen LogP) is -0.0497. The number of amides is 1. The van der Waals surface area contributed by atoms with Gasteiger partial charge in [-0.3, -0.25) is 9.48 Å². The van der Waals surface area contributed by atoms with Crippen LogP contribution in [0.5, 0.6) is 0 Å². The third-order valence-electron chi connectivity index (χ3n) is 3.19. The molecule has 2 rings (SSSR count). The Morgan fingerprint density at radius 3 is 2.94 bits per heavy atom. The lowest BCUT2D eigenvalue weighted by molar-refractivity contribution is -0.0669. The van der Waals surface area contributed by atoms with Crippen LogP contribution in [0.4, 0.5) is 0 Å². The number of hydrogen-bond acceptors (Lipinski definition) is 4. The van der Waals surface area contributed by atoms with Crippen LogP contribution in [0.2, 0.25) is 0 Å². The molecule has 2 atom stereocenters. The SMILES string of the molecule is Cc1cc(C(=O)N2CC(CO)OCC2C)n(C)n1. The van der Waals surface area contributed by atoms with Gasteiger partial charge in [0.25, 0.3) is 5.91 Å². The molecule has 1 saturated heterocycles. The van der Waals surface area contributed by atoms with Crippen LogP contribution in [0, 0.1) is 6.92 Å². The number of aliphatic hydroxyl groups excluding tert-OH is 1. The molecule has 0 aliphatic carbocycles. The molecule has 0 aromatic carbocycles. The molecule has 1 aliphatic heterocycles. The van der Waals surface area contributed by atoms with Crippen molar-refractivity contribution in [2.24, 2.45) is 7.05 Å². The number of aromatic nitrogens is 2. The van der Waals surface area contributed by atoms with Crippen LogP contribution < -0.4 is 0 Å². The fourth-order valence-electron chi connectivity index (χ4n) is 2.17. The van der Waals surface area contributed by atoms with E-state index in [-0.39, 0.29) is 24.7 Å². The van der Waals surface area contributed by atoms with Crippen LogP contribution in [-0.4, -0.2) is 57.6 Å². The lowest BCUT2D eigenvalue weighted by atomic mass is 10.2. The first kappa shape index (κ1) is 13.0. The number of carbonyl (C=O) groups is 1. The summed E-state index contributed by atoms with van der Waals surface area (Å²) in [6, 6.07) is 1.79. The number of aliphatic hydroxyl groups is 1. The van der Waals surface area contributed by atoms with Crippen LogP contribution in [0.25, 0.3) is 0 Å². The maximum Gasteiger partial charge on any atom is 0.272 e. The normalized spacial score (nSPS) is 24.3. The molecule has 18 heavy (non-hydrogen) atoms. The molecule has 1 aliphatic rings. The van der Waals surface area contributed by atoms with Gasteiger partial charge in [-0.1, -0.05) is 0 Å². The molecule has 6 heteroatoms. The van der Waals surface area contributed by atoms with Gasteiger partial charge < -0.3 is 14.7 Å². The zero-order valence-electron chi connectivity index (χ0n) is 11.0. The number of aryl methyl sites for hydroxylation is 2. The number of carbonyl (C=O) groups excluding carboxylic acids is 1. The van der Waals surface area contributed by atoms with E-state index in [1.54, 1.807) is 22.7 Å². The summed E-state index contributed by atoms with van der Waals surface area (Å²) in [5.41, 5.74) is 1.39. The van der Waals surface area contributed by atoms with Gasteiger partial charge in [-0.15, -0.1) is 0 Å². The molecule has 1 fully saturated rings. The van der Waals surface area contributed by atoms with Crippen molar-refractivity contribution < 1.29 is 14.6 Å². The van der Waals surface area contributed by atoms with Crippen LogP contribution >= 0.6 is 0 Å². The summed E-state index contributed by atoms with van der Waals surface area (Å²) in [6.45, 7) is 4.60. The topological polar surface area (TPSA) is 67.6 Å². The number of ether oxygens (including phenoxy) is 1. The summed E-state index contributed by atoms with van der Waals surface area (Å²) in [6.07, 6.45) is -0.292. The monoisotopic (exact) mass is 253 g/mol. The Morgan fingerprint density at radius 2 is 2.39 bits per heavy atom. The first-order chi connectivity index (χ1) is 8.52. The second-order valence-electron chi connectivity index (χ2n) is 4.74. The van der Waals surface area contributed by atoms with E-state index in [9.17, 15) is 4.79 Å². The highest BCUT2D eigenvalue weighted by molar-refractivity contribution is 5.93. The van der Waals surface area contributed by atoms with Gasteiger partial charge in [-0.25, -0.2) is 0 Å². The largest absolute Gasteiger partial charge is 0.394 e. The molecule has 1 N–H and O–H groups in total. The second-order valence-corrected chi connectivity index (χ2v) is 4.74. The van der Waals surface area contributed by atoms with Crippen LogP contribution in [0.1, 0.15) is 23.1 Å². The van der Waals surface area contributed by atoms with E-state index in [1.165, 1.54) is 0 Å². The lowest BCUT2D eigenvalue weighted by Crippen LogP contribution is -2.52. The Labute approximate surface area is 106 Å². The maximum atomic E-state index is 12.4. The molecule has 0 bridgehead atoms. The van der Waals surface area contributed by atoms with Crippen LogP contribution in [0.15, 0.2) is 6.07 Å². The summed E-state index contributed by atoms with van der Waals surface area (Å²) in [7, 11) is 1.76. The van der Waals surface area contributed by atoms with E-state index in [0.29, 0.717) is 18.8 Å². The summed E-state index contributed by atoms with van der Waals surface area (Å²) in [4.78, 5) is 14.2. The van der Waals surface area contributed by atoms with Crippen LogP contribution in [-0.2, 0) is 11.8 Å².